The van der Waals surface area contributed by atoms with Crippen LogP contribution < -0.4 is 10.6 Å². The van der Waals surface area contributed by atoms with Gasteiger partial charge in [-0.05, 0) is 12.3 Å². The molecule has 86 valence electrons. The van der Waals surface area contributed by atoms with Gasteiger partial charge in [-0.15, -0.1) is 0 Å². The van der Waals surface area contributed by atoms with Crippen LogP contribution in [0.3, 0.4) is 0 Å². The summed E-state index contributed by atoms with van der Waals surface area (Å²) in [5, 5.41) is 14.4. The Morgan fingerprint density at radius 2 is 2.33 bits per heavy atom. The lowest BCUT2D eigenvalue weighted by molar-refractivity contribution is -0.126. The number of nitrogens with one attached hydrogen (secondary N) is 2. The van der Waals surface area contributed by atoms with E-state index in [4.69, 9.17) is 5.11 Å². The van der Waals surface area contributed by atoms with Crippen LogP contribution in [-0.4, -0.2) is 35.6 Å². The standard InChI is InChI=1S/C10H18N2O3/c1-6(2)8(5-13)12-10(15)7-3-4-9(14)11-7/h6-8,13H,3-5H2,1-2H3,(H,11,14)(H,12,15). The van der Waals surface area contributed by atoms with E-state index in [0.717, 1.165) is 0 Å². The van der Waals surface area contributed by atoms with E-state index in [1.54, 1.807) is 0 Å². The smallest absolute Gasteiger partial charge is 0.242 e. The predicted molar refractivity (Wildman–Crippen MR) is 55.0 cm³/mol. The van der Waals surface area contributed by atoms with Gasteiger partial charge in [0, 0.05) is 6.42 Å². The fourth-order valence-electron chi connectivity index (χ4n) is 1.52. The number of carbonyl (C=O) groups excluding carboxylic acids is 2. The van der Waals surface area contributed by atoms with Crippen molar-refractivity contribution in [2.45, 2.75) is 38.8 Å². The molecule has 3 N–H and O–H groups in total. The molecule has 1 fully saturated rings. The van der Waals surface area contributed by atoms with Crippen molar-refractivity contribution in [2.24, 2.45) is 5.92 Å². The van der Waals surface area contributed by atoms with Crippen LogP contribution in [0.15, 0.2) is 0 Å². The van der Waals surface area contributed by atoms with Crippen LogP contribution in [0.5, 0.6) is 0 Å². The van der Waals surface area contributed by atoms with Crippen LogP contribution >= 0.6 is 0 Å². The molecule has 0 aromatic carbocycles. The van der Waals surface area contributed by atoms with Crippen molar-refractivity contribution in [2.75, 3.05) is 6.61 Å². The molecule has 0 spiro atoms. The molecule has 0 radical (unpaired) electrons. The summed E-state index contributed by atoms with van der Waals surface area (Å²) >= 11 is 0. The van der Waals surface area contributed by atoms with E-state index in [-0.39, 0.29) is 30.4 Å². The topological polar surface area (TPSA) is 78.4 Å². The van der Waals surface area contributed by atoms with Gasteiger partial charge in [-0.1, -0.05) is 13.8 Å². The average molecular weight is 214 g/mol. The van der Waals surface area contributed by atoms with Gasteiger partial charge in [0.25, 0.3) is 0 Å². The number of aliphatic hydroxyl groups excluding tert-OH is 1. The minimum Gasteiger partial charge on any atom is -0.394 e. The Balaban J connectivity index is 2.44. The zero-order valence-corrected chi connectivity index (χ0v) is 9.12. The summed E-state index contributed by atoms with van der Waals surface area (Å²) in [5.74, 6) is -0.107. The molecule has 5 nitrogen and oxygen atoms in total. The van der Waals surface area contributed by atoms with Gasteiger partial charge in [0.1, 0.15) is 6.04 Å². The van der Waals surface area contributed by atoms with Crippen LogP contribution in [0, 0.1) is 5.92 Å². The van der Waals surface area contributed by atoms with E-state index >= 15 is 0 Å². The van der Waals surface area contributed by atoms with Crippen LogP contribution in [0.4, 0.5) is 0 Å². The van der Waals surface area contributed by atoms with Gasteiger partial charge in [0.15, 0.2) is 0 Å². The zero-order chi connectivity index (χ0) is 11.4. The molecule has 1 aliphatic rings. The lowest BCUT2D eigenvalue weighted by Gasteiger charge is -2.21. The van der Waals surface area contributed by atoms with Crippen molar-refractivity contribution < 1.29 is 14.7 Å². The molecule has 2 amide bonds. The number of hydrogen-bond donors (Lipinski definition) is 3. The molecule has 1 aliphatic heterocycles. The molecule has 0 aliphatic carbocycles. The number of rotatable bonds is 4. The summed E-state index contributed by atoms with van der Waals surface area (Å²) in [6.07, 6.45) is 0.949. The van der Waals surface area contributed by atoms with Crippen molar-refractivity contribution in [3.05, 3.63) is 0 Å². The van der Waals surface area contributed by atoms with Crippen LogP contribution in [0.2, 0.25) is 0 Å². The van der Waals surface area contributed by atoms with Crippen molar-refractivity contribution in [1.82, 2.24) is 10.6 Å². The number of carbonyl (C=O) groups is 2. The highest BCUT2D eigenvalue weighted by molar-refractivity contribution is 5.90. The maximum Gasteiger partial charge on any atom is 0.242 e. The molecule has 0 saturated carbocycles. The second-order valence-corrected chi connectivity index (χ2v) is 4.20. The fraction of sp³-hybridized carbons (Fsp3) is 0.800. The number of hydrogen-bond acceptors (Lipinski definition) is 3. The maximum absolute atomic E-state index is 11.6. The van der Waals surface area contributed by atoms with Gasteiger partial charge in [-0.25, -0.2) is 0 Å². The van der Waals surface area contributed by atoms with Crippen LogP contribution in [-0.2, 0) is 9.59 Å². The molecule has 5 heteroatoms. The second kappa shape index (κ2) is 5.11. The SMILES string of the molecule is CC(C)C(CO)NC(=O)C1CCC(=O)N1. The van der Waals surface area contributed by atoms with Gasteiger partial charge in [0.05, 0.1) is 12.6 Å². The first kappa shape index (κ1) is 12.0. The van der Waals surface area contributed by atoms with E-state index < -0.39 is 6.04 Å². The van der Waals surface area contributed by atoms with Gasteiger partial charge in [0.2, 0.25) is 11.8 Å². The van der Waals surface area contributed by atoms with Crippen molar-refractivity contribution in [3.8, 4) is 0 Å². The Hall–Kier alpha value is -1.10. The van der Waals surface area contributed by atoms with Gasteiger partial charge in [-0.2, -0.15) is 0 Å². The third-order valence-corrected chi connectivity index (χ3v) is 2.64. The lowest BCUT2D eigenvalue weighted by Crippen LogP contribution is -2.49. The highest BCUT2D eigenvalue weighted by atomic mass is 16.3. The van der Waals surface area contributed by atoms with Gasteiger partial charge < -0.3 is 15.7 Å². The largest absolute Gasteiger partial charge is 0.394 e. The highest BCUT2D eigenvalue weighted by Gasteiger charge is 2.28. The minimum atomic E-state index is -0.426. The quantitative estimate of drug-likeness (QED) is 0.584. The Morgan fingerprint density at radius 1 is 1.67 bits per heavy atom. The molecule has 1 heterocycles. The average Bonchev–Trinajstić information content (AvgIpc) is 2.60. The predicted octanol–water partition coefficient (Wildman–Crippen LogP) is -0.602. The van der Waals surface area contributed by atoms with Gasteiger partial charge in [-0.3, -0.25) is 9.59 Å². The minimum absolute atomic E-state index is 0.0793. The molecule has 1 rings (SSSR count). The van der Waals surface area contributed by atoms with Crippen LogP contribution in [0.25, 0.3) is 0 Å². The molecule has 0 aromatic rings. The summed E-state index contributed by atoms with van der Waals surface area (Å²) in [5.41, 5.74) is 0. The van der Waals surface area contributed by atoms with E-state index in [0.29, 0.717) is 12.8 Å². The fourth-order valence-corrected chi connectivity index (χ4v) is 1.52. The summed E-state index contributed by atoms with van der Waals surface area (Å²) in [6, 6.07) is -0.666. The lowest BCUT2D eigenvalue weighted by atomic mass is 10.0. The maximum atomic E-state index is 11.6. The normalized spacial score (nSPS) is 22.7. The highest BCUT2D eigenvalue weighted by Crippen LogP contribution is 2.08. The summed E-state index contributed by atoms with van der Waals surface area (Å²) in [6.45, 7) is 3.77. The molecular weight excluding hydrogens is 196 g/mol. The Bertz CT molecular complexity index is 253. The number of amides is 2. The molecule has 0 bridgehead atoms. The Labute approximate surface area is 89.2 Å². The monoisotopic (exact) mass is 214 g/mol. The zero-order valence-electron chi connectivity index (χ0n) is 9.12. The Kier molecular flexibility index (Phi) is 4.08. The first-order valence-corrected chi connectivity index (χ1v) is 5.25. The van der Waals surface area contributed by atoms with Crippen molar-refractivity contribution in [3.63, 3.8) is 0 Å². The summed E-state index contributed by atoms with van der Waals surface area (Å²) in [7, 11) is 0. The van der Waals surface area contributed by atoms with Gasteiger partial charge >= 0.3 is 0 Å². The molecule has 0 aromatic heterocycles. The Morgan fingerprint density at radius 3 is 2.73 bits per heavy atom. The van der Waals surface area contributed by atoms with E-state index in [2.05, 4.69) is 10.6 Å². The van der Waals surface area contributed by atoms with E-state index in [1.807, 2.05) is 13.8 Å². The summed E-state index contributed by atoms with van der Waals surface area (Å²) in [4.78, 5) is 22.5. The van der Waals surface area contributed by atoms with Crippen LogP contribution in [0.1, 0.15) is 26.7 Å². The molecule has 15 heavy (non-hydrogen) atoms. The first-order valence-electron chi connectivity index (χ1n) is 5.25. The molecule has 2 unspecified atom stereocenters. The third kappa shape index (κ3) is 3.20. The molecule has 2 atom stereocenters. The summed E-state index contributed by atoms with van der Waals surface area (Å²) < 4.78 is 0. The second-order valence-electron chi connectivity index (χ2n) is 4.20. The van der Waals surface area contributed by atoms with E-state index in [9.17, 15) is 9.59 Å². The molecular formula is C10H18N2O3. The number of aliphatic hydroxyl groups is 1. The van der Waals surface area contributed by atoms with Crippen molar-refractivity contribution in [1.29, 1.82) is 0 Å². The third-order valence-electron chi connectivity index (χ3n) is 2.64. The van der Waals surface area contributed by atoms with Crippen molar-refractivity contribution >= 4 is 11.8 Å². The molecule has 1 saturated heterocycles. The van der Waals surface area contributed by atoms with E-state index in [1.165, 1.54) is 0 Å². The first-order chi connectivity index (χ1) is 7.04.